The van der Waals surface area contributed by atoms with Gasteiger partial charge in [0.15, 0.2) is 0 Å². The molecular formula is C18H17BrO. The Morgan fingerprint density at radius 3 is 2.60 bits per heavy atom. The van der Waals surface area contributed by atoms with Gasteiger partial charge in [-0.3, -0.25) is 0 Å². The summed E-state index contributed by atoms with van der Waals surface area (Å²) >= 11 is 3.56. The first kappa shape index (κ1) is 13.4. The Balaban J connectivity index is 2.24. The van der Waals surface area contributed by atoms with Gasteiger partial charge in [-0.05, 0) is 35.4 Å². The summed E-state index contributed by atoms with van der Waals surface area (Å²) in [5.41, 5.74) is 0. The van der Waals surface area contributed by atoms with E-state index in [2.05, 4.69) is 71.4 Å². The molecule has 0 N–H and O–H groups in total. The summed E-state index contributed by atoms with van der Waals surface area (Å²) in [6, 6.07) is 17.0. The molecule has 0 aliphatic rings. The SMILES string of the molecule is CCCCOc1c2ccccc2cc2ccc(Br)cc12. The molecule has 1 nitrogen and oxygen atoms in total. The van der Waals surface area contributed by atoms with Crippen molar-refractivity contribution in [2.24, 2.45) is 0 Å². The smallest absolute Gasteiger partial charge is 0.134 e. The highest BCUT2D eigenvalue weighted by molar-refractivity contribution is 9.10. The van der Waals surface area contributed by atoms with Crippen LogP contribution in [0.5, 0.6) is 5.75 Å². The van der Waals surface area contributed by atoms with Gasteiger partial charge in [-0.15, -0.1) is 0 Å². The fraction of sp³-hybridized carbons (Fsp3) is 0.222. The molecule has 3 aromatic rings. The van der Waals surface area contributed by atoms with Crippen LogP contribution in [0, 0.1) is 0 Å². The molecule has 20 heavy (non-hydrogen) atoms. The van der Waals surface area contributed by atoms with Crippen molar-refractivity contribution < 1.29 is 4.74 Å². The maximum atomic E-state index is 6.11. The van der Waals surface area contributed by atoms with Crippen LogP contribution >= 0.6 is 15.9 Å². The summed E-state index contributed by atoms with van der Waals surface area (Å²) in [6.45, 7) is 2.95. The second-order valence-corrected chi connectivity index (χ2v) is 5.91. The van der Waals surface area contributed by atoms with E-state index in [1.165, 1.54) is 21.5 Å². The molecule has 0 saturated heterocycles. The molecule has 0 saturated carbocycles. The standard InChI is InChI=1S/C18H17BrO/c1-2-3-10-20-18-16-7-5-4-6-13(16)11-14-8-9-15(19)12-17(14)18/h4-9,11-12H,2-3,10H2,1H3. The van der Waals surface area contributed by atoms with Crippen LogP contribution in [0.2, 0.25) is 0 Å². The quantitative estimate of drug-likeness (QED) is 0.425. The summed E-state index contributed by atoms with van der Waals surface area (Å²) in [6.07, 6.45) is 2.23. The largest absolute Gasteiger partial charge is 0.492 e. The van der Waals surface area contributed by atoms with Crippen molar-refractivity contribution in [1.82, 2.24) is 0 Å². The van der Waals surface area contributed by atoms with Crippen LogP contribution in [0.15, 0.2) is 53.0 Å². The number of fused-ring (bicyclic) bond motifs is 2. The predicted octanol–water partition coefficient (Wildman–Crippen LogP) is 5.93. The number of hydrogen-bond acceptors (Lipinski definition) is 1. The Bertz CT molecular complexity index is 749. The van der Waals surface area contributed by atoms with Crippen molar-refractivity contribution in [3.8, 4) is 5.75 Å². The van der Waals surface area contributed by atoms with Crippen LogP contribution in [0.1, 0.15) is 19.8 Å². The highest BCUT2D eigenvalue weighted by Crippen LogP contribution is 2.36. The molecule has 2 heteroatoms. The third-order valence-electron chi connectivity index (χ3n) is 3.52. The van der Waals surface area contributed by atoms with Gasteiger partial charge in [0.05, 0.1) is 6.61 Å². The van der Waals surface area contributed by atoms with E-state index in [1.807, 2.05) is 0 Å². The average molecular weight is 329 g/mol. The Morgan fingerprint density at radius 2 is 1.75 bits per heavy atom. The van der Waals surface area contributed by atoms with E-state index < -0.39 is 0 Å². The van der Waals surface area contributed by atoms with Gasteiger partial charge in [-0.2, -0.15) is 0 Å². The van der Waals surface area contributed by atoms with Gasteiger partial charge in [-0.1, -0.05) is 59.6 Å². The van der Waals surface area contributed by atoms with E-state index in [1.54, 1.807) is 0 Å². The fourth-order valence-corrected chi connectivity index (χ4v) is 2.83. The summed E-state index contributed by atoms with van der Waals surface area (Å²) in [5.74, 6) is 1.01. The van der Waals surface area contributed by atoms with E-state index in [0.29, 0.717) is 0 Å². The van der Waals surface area contributed by atoms with Crippen molar-refractivity contribution in [3.63, 3.8) is 0 Å². The first-order valence-corrected chi connectivity index (χ1v) is 7.82. The number of ether oxygens (including phenoxy) is 1. The Morgan fingerprint density at radius 1 is 0.950 bits per heavy atom. The maximum absolute atomic E-state index is 6.11. The van der Waals surface area contributed by atoms with Gasteiger partial charge < -0.3 is 4.74 Å². The highest BCUT2D eigenvalue weighted by Gasteiger charge is 2.09. The normalized spacial score (nSPS) is 11.1. The van der Waals surface area contributed by atoms with Gasteiger partial charge in [0, 0.05) is 15.2 Å². The molecule has 0 spiro atoms. The number of unbranched alkanes of at least 4 members (excludes halogenated alkanes) is 1. The minimum absolute atomic E-state index is 0.770. The van der Waals surface area contributed by atoms with Crippen LogP contribution in [0.25, 0.3) is 21.5 Å². The maximum Gasteiger partial charge on any atom is 0.134 e. The van der Waals surface area contributed by atoms with Crippen molar-refractivity contribution in [1.29, 1.82) is 0 Å². The van der Waals surface area contributed by atoms with Crippen molar-refractivity contribution in [2.75, 3.05) is 6.61 Å². The molecule has 0 amide bonds. The van der Waals surface area contributed by atoms with Crippen molar-refractivity contribution in [3.05, 3.63) is 53.0 Å². The van der Waals surface area contributed by atoms with Crippen molar-refractivity contribution in [2.45, 2.75) is 19.8 Å². The lowest BCUT2D eigenvalue weighted by Crippen LogP contribution is -1.98. The van der Waals surface area contributed by atoms with Gasteiger partial charge in [0.1, 0.15) is 5.75 Å². The zero-order chi connectivity index (χ0) is 13.9. The molecule has 0 aromatic heterocycles. The van der Waals surface area contributed by atoms with Crippen molar-refractivity contribution >= 4 is 37.5 Å². The summed E-state index contributed by atoms with van der Waals surface area (Å²) in [7, 11) is 0. The molecule has 0 unspecified atom stereocenters. The predicted molar refractivity (Wildman–Crippen MR) is 89.6 cm³/mol. The molecule has 0 heterocycles. The Kier molecular flexibility index (Phi) is 3.93. The van der Waals surface area contributed by atoms with E-state index >= 15 is 0 Å². The van der Waals surface area contributed by atoms with E-state index in [4.69, 9.17) is 4.74 Å². The molecule has 3 rings (SSSR count). The second-order valence-electron chi connectivity index (χ2n) is 4.99. The van der Waals surface area contributed by atoms with Gasteiger partial charge in [0.25, 0.3) is 0 Å². The molecule has 0 radical (unpaired) electrons. The lowest BCUT2D eigenvalue weighted by molar-refractivity contribution is 0.316. The summed E-state index contributed by atoms with van der Waals surface area (Å²) in [4.78, 5) is 0. The molecule has 0 atom stereocenters. The molecule has 0 fully saturated rings. The zero-order valence-electron chi connectivity index (χ0n) is 11.5. The molecule has 0 aliphatic carbocycles. The topological polar surface area (TPSA) is 9.23 Å². The molecule has 0 aliphatic heterocycles. The second kappa shape index (κ2) is 5.84. The van der Waals surface area contributed by atoms with Gasteiger partial charge >= 0.3 is 0 Å². The molecular weight excluding hydrogens is 312 g/mol. The van der Waals surface area contributed by atoms with E-state index in [0.717, 1.165) is 29.7 Å². The first-order valence-electron chi connectivity index (χ1n) is 7.03. The number of benzene rings is 3. The lowest BCUT2D eigenvalue weighted by atomic mass is 10.0. The molecule has 3 aromatic carbocycles. The number of rotatable bonds is 4. The van der Waals surface area contributed by atoms with E-state index in [9.17, 15) is 0 Å². The van der Waals surface area contributed by atoms with Gasteiger partial charge in [0.2, 0.25) is 0 Å². The number of halogens is 1. The molecule has 0 bridgehead atoms. The van der Waals surface area contributed by atoms with Gasteiger partial charge in [-0.25, -0.2) is 0 Å². The van der Waals surface area contributed by atoms with Crippen LogP contribution in [0.3, 0.4) is 0 Å². The summed E-state index contributed by atoms with van der Waals surface area (Å²) in [5, 5.41) is 4.82. The first-order chi connectivity index (χ1) is 9.79. The monoisotopic (exact) mass is 328 g/mol. The third kappa shape index (κ3) is 2.53. The highest BCUT2D eigenvalue weighted by atomic mass is 79.9. The molecule has 102 valence electrons. The fourth-order valence-electron chi connectivity index (χ4n) is 2.47. The average Bonchev–Trinajstić information content (AvgIpc) is 2.47. The minimum Gasteiger partial charge on any atom is -0.492 e. The third-order valence-corrected chi connectivity index (χ3v) is 4.01. The van der Waals surface area contributed by atoms with Crippen LogP contribution in [0.4, 0.5) is 0 Å². The Labute approximate surface area is 127 Å². The van der Waals surface area contributed by atoms with Crippen LogP contribution in [-0.2, 0) is 0 Å². The zero-order valence-corrected chi connectivity index (χ0v) is 13.1. The van der Waals surface area contributed by atoms with Crippen LogP contribution < -0.4 is 4.74 Å². The lowest BCUT2D eigenvalue weighted by Gasteiger charge is -2.13. The number of hydrogen-bond donors (Lipinski definition) is 0. The summed E-state index contributed by atoms with van der Waals surface area (Å²) < 4.78 is 7.19. The minimum atomic E-state index is 0.770. The Hall–Kier alpha value is -1.54. The van der Waals surface area contributed by atoms with E-state index in [-0.39, 0.29) is 0 Å². The van der Waals surface area contributed by atoms with Crippen LogP contribution in [-0.4, -0.2) is 6.61 Å².